The summed E-state index contributed by atoms with van der Waals surface area (Å²) >= 11 is 0. The van der Waals surface area contributed by atoms with Crippen molar-refractivity contribution in [3.63, 3.8) is 0 Å². The number of carbonyl (C=O) groups excluding carboxylic acids is 2. The molecule has 0 fully saturated rings. The number of hydrogen-bond donors (Lipinski definition) is 2. The van der Waals surface area contributed by atoms with Crippen LogP contribution in [0.15, 0.2) is 48.8 Å². The fourth-order valence-electron chi connectivity index (χ4n) is 2.06. The van der Waals surface area contributed by atoms with Crippen molar-refractivity contribution in [3.05, 3.63) is 48.8 Å². The summed E-state index contributed by atoms with van der Waals surface area (Å²) in [7, 11) is 0. The Morgan fingerprint density at radius 1 is 0.731 bits per heavy atom. The molecule has 0 spiro atoms. The largest absolute Gasteiger partial charge is 0.413 e. The summed E-state index contributed by atoms with van der Waals surface area (Å²) in [5.41, 5.74) is 0. The maximum atomic E-state index is 11.5. The number of pyridine rings is 2. The van der Waals surface area contributed by atoms with Crippen LogP contribution in [-0.4, -0.2) is 35.2 Å². The summed E-state index contributed by atoms with van der Waals surface area (Å²) in [6.07, 6.45) is 5.61. The maximum absolute atomic E-state index is 11.5. The quantitative estimate of drug-likeness (QED) is 0.668. The summed E-state index contributed by atoms with van der Waals surface area (Å²) in [6, 6.07) is 10.2. The van der Waals surface area contributed by atoms with Gasteiger partial charge in [0.25, 0.3) is 0 Å². The zero-order valence-corrected chi connectivity index (χ0v) is 14.4. The predicted octanol–water partition coefficient (Wildman–Crippen LogP) is 2.91. The molecule has 8 heteroatoms. The van der Waals surface area contributed by atoms with E-state index in [0.717, 1.165) is 25.7 Å². The van der Waals surface area contributed by atoms with E-state index >= 15 is 0 Å². The third kappa shape index (κ3) is 8.09. The van der Waals surface area contributed by atoms with E-state index in [2.05, 4.69) is 20.6 Å². The fraction of sp³-hybridized carbons (Fsp3) is 0.333. The van der Waals surface area contributed by atoms with Gasteiger partial charge < -0.3 is 20.1 Å². The Kier molecular flexibility index (Phi) is 8.41. The Morgan fingerprint density at radius 2 is 1.19 bits per heavy atom. The van der Waals surface area contributed by atoms with Crippen molar-refractivity contribution in [1.29, 1.82) is 0 Å². The minimum absolute atomic E-state index is 0.272. The van der Waals surface area contributed by atoms with E-state index in [-0.39, 0.29) is 11.8 Å². The topological polar surface area (TPSA) is 102 Å². The molecule has 2 heterocycles. The van der Waals surface area contributed by atoms with Gasteiger partial charge in [-0.1, -0.05) is 25.0 Å². The van der Waals surface area contributed by atoms with Gasteiger partial charge in [-0.25, -0.2) is 19.6 Å². The molecule has 0 atom stereocenters. The number of nitrogens with one attached hydrogen (secondary N) is 2. The SMILES string of the molecule is O=C(NCCCCCCNC(=O)Oc1ccccn1)Oc1ccccn1. The van der Waals surface area contributed by atoms with E-state index in [4.69, 9.17) is 9.47 Å². The zero-order chi connectivity index (χ0) is 18.5. The summed E-state index contributed by atoms with van der Waals surface area (Å²) in [5.74, 6) is 0.544. The van der Waals surface area contributed by atoms with E-state index in [1.54, 1.807) is 48.8 Å². The van der Waals surface area contributed by atoms with Gasteiger partial charge in [-0.2, -0.15) is 0 Å². The molecule has 2 amide bonds. The highest BCUT2D eigenvalue weighted by atomic mass is 16.6. The first-order valence-corrected chi connectivity index (χ1v) is 8.47. The summed E-state index contributed by atoms with van der Waals surface area (Å²) < 4.78 is 10.0. The Morgan fingerprint density at radius 3 is 1.58 bits per heavy atom. The van der Waals surface area contributed by atoms with Crippen molar-refractivity contribution in [2.45, 2.75) is 25.7 Å². The van der Waals surface area contributed by atoms with Gasteiger partial charge >= 0.3 is 12.2 Å². The Balaban J connectivity index is 1.43. The molecule has 0 saturated carbocycles. The lowest BCUT2D eigenvalue weighted by Crippen LogP contribution is -2.28. The number of aromatic nitrogens is 2. The minimum Gasteiger partial charge on any atom is -0.391 e. The summed E-state index contributed by atoms with van der Waals surface area (Å²) in [6.45, 7) is 1.06. The van der Waals surface area contributed by atoms with E-state index in [1.807, 2.05) is 0 Å². The lowest BCUT2D eigenvalue weighted by Gasteiger charge is -2.07. The number of amides is 2. The van der Waals surface area contributed by atoms with Gasteiger partial charge in [0.1, 0.15) is 0 Å². The zero-order valence-electron chi connectivity index (χ0n) is 14.4. The number of hydrogen-bond acceptors (Lipinski definition) is 6. The molecule has 0 radical (unpaired) electrons. The van der Waals surface area contributed by atoms with Crippen LogP contribution in [0.1, 0.15) is 25.7 Å². The van der Waals surface area contributed by atoms with E-state index < -0.39 is 12.2 Å². The number of unbranched alkanes of at least 4 members (excludes halogenated alkanes) is 3. The highest BCUT2D eigenvalue weighted by Gasteiger charge is 2.05. The van der Waals surface area contributed by atoms with Gasteiger partial charge in [-0.3, -0.25) is 0 Å². The van der Waals surface area contributed by atoms with Crippen LogP contribution >= 0.6 is 0 Å². The van der Waals surface area contributed by atoms with E-state index in [9.17, 15) is 9.59 Å². The lowest BCUT2D eigenvalue weighted by atomic mass is 10.2. The summed E-state index contributed by atoms with van der Waals surface area (Å²) in [4.78, 5) is 30.9. The van der Waals surface area contributed by atoms with Crippen LogP contribution in [0.4, 0.5) is 9.59 Å². The van der Waals surface area contributed by atoms with Crippen LogP contribution in [0.2, 0.25) is 0 Å². The van der Waals surface area contributed by atoms with Crippen LogP contribution < -0.4 is 20.1 Å². The number of nitrogens with zero attached hydrogens (tertiary/aromatic N) is 2. The van der Waals surface area contributed by atoms with Crippen molar-refractivity contribution >= 4 is 12.2 Å². The van der Waals surface area contributed by atoms with Gasteiger partial charge in [0.05, 0.1) is 0 Å². The van der Waals surface area contributed by atoms with Gasteiger partial charge in [-0.15, -0.1) is 0 Å². The van der Waals surface area contributed by atoms with Crippen LogP contribution in [0.5, 0.6) is 11.8 Å². The molecule has 2 aromatic rings. The molecule has 0 aliphatic rings. The molecule has 138 valence electrons. The van der Waals surface area contributed by atoms with Gasteiger partial charge in [0.15, 0.2) is 0 Å². The first-order valence-electron chi connectivity index (χ1n) is 8.47. The van der Waals surface area contributed by atoms with Gasteiger partial charge in [0, 0.05) is 37.6 Å². The Labute approximate surface area is 151 Å². The van der Waals surface area contributed by atoms with Crippen LogP contribution in [-0.2, 0) is 0 Å². The maximum Gasteiger partial charge on any atom is 0.413 e. The third-order valence-corrected chi connectivity index (χ3v) is 3.31. The molecule has 0 aromatic carbocycles. The van der Waals surface area contributed by atoms with Crippen molar-refractivity contribution in [1.82, 2.24) is 20.6 Å². The van der Waals surface area contributed by atoms with Crippen LogP contribution in [0, 0.1) is 0 Å². The smallest absolute Gasteiger partial charge is 0.391 e. The molecule has 8 nitrogen and oxygen atoms in total. The molecule has 0 aliphatic heterocycles. The van der Waals surface area contributed by atoms with Crippen molar-refractivity contribution in [3.8, 4) is 11.8 Å². The van der Waals surface area contributed by atoms with Crippen molar-refractivity contribution < 1.29 is 19.1 Å². The highest BCUT2D eigenvalue weighted by Crippen LogP contribution is 2.04. The molecule has 0 aliphatic carbocycles. The summed E-state index contributed by atoms with van der Waals surface area (Å²) in [5, 5.41) is 5.34. The molecular weight excluding hydrogens is 336 g/mol. The number of ether oxygens (including phenoxy) is 2. The molecule has 0 bridgehead atoms. The molecule has 2 N–H and O–H groups in total. The molecule has 2 aromatic heterocycles. The lowest BCUT2D eigenvalue weighted by molar-refractivity contribution is 0.197. The number of carbonyl (C=O) groups is 2. The average molecular weight is 358 g/mol. The fourth-order valence-corrected chi connectivity index (χ4v) is 2.06. The molecule has 26 heavy (non-hydrogen) atoms. The van der Waals surface area contributed by atoms with Gasteiger partial charge in [-0.05, 0) is 25.0 Å². The third-order valence-electron chi connectivity index (χ3n) is 3.31. The van der Waals surface area contributed by atoms with Crippen molar-refractivity contribution in [2.75, 3.05) is 13.1 Å². The van der Waals surface area contributed by atoms with E-state index in [1.165, 1.54) is 0 Å². The molecule has 0 unspecified atom stereocenters. The normalized spacial score (nSPS) is 10.0. The van der Waals surface area contributed by atoms with Gasteiger partial charge in [0.2, 0.25) is 11.8 Å². The first kappa shape index (κ1) is 19.2. The first-order chi connectivity index (χ1) is 12.7. The highest BCUT2D eigenvalue weighted by molar-refractivity contribution is 5.70. The molecular formula is C18H22N4O4. The second-order valence-electron chi connectivity index (χ2n) is 5.38. The van der Waals surface area contributed by atoms with Crippen LogP contribution in [0.25, 0.3) is 0 Å². The standard InChI is InChI=1S/C18H22N4O4/c23-17(25-15-9-3-7-11-19-15)21-13-5-1-2-6-14-22-18(24)26-16-10-4-8-12-20-16/h3-4,7-12H,1-2,5-6,13-14H2,(H,21,23)(H,22,24). The average Bonchev–Trinajstić information content (AvgIpc) is 2.65. The molecule has 0 saturated heterocycles. The second-order valence-corrected chi connectivity index (χ2v) is 5.38. The van der Waals surface area contributed by atoms with Crippen LogP contribution in [0.3, 0.4) is 0 Å². The molecule has 2 rings (SSSR count). The second kappa shape index (κ2) is 11.4. The predicted molar refractivity (Wildman–Crippen MR) is 95.0 cm³/mol. The number of rotatable bonds is 9. The van der Waals surface area contributed by atoms with Crippen molar-refractivity contribution in [2.24, 2.45) is 0 Å². The minimum atomic E-state index is -0.511. The monoisotopic (exact) mass is 358 g/mol. The van der Waals surface area contributed by atoms with E-state index in [0.29, 0.717) is 13.1 Å². The Bertz CT molecular complexity index is 608. The Hall–Kier alpha value is -3.16.